The molecule has 0 saturated heterocycles. The number of amides is 2. The molecule has 1 aromatic rings. The number of guanidine groups is 1. The predicted octanol–water partition coefficient (Wildman–Crippen LogP) is 3.79. The number of ether oxygens (including phenoxy) is 1. The maximum Gasteiger partial charge on any atom is 0.387 e. The van der Waals surface area contributed by atoms with Gasteiger partial charge in [0.05, 0.1) is 11.3 Å². The molecule has 4 rings (SSSR count). The number of halogens is 2. The lowest BCUT2D eigenvalue weighted by Gasteiger charge is -2.54. The third-order valence-corrected chi connectivity index (χ3v) is 11.4. The standard InChI is InChI=1S/C27H34F2N6O3S2/c1-7-40-26(2,3)27(4,33-25(35(40)6)32-21(36)17-11-9-8-10-12-17)23-34(5)20(16-39-23)31-22(37)19-14-13-18(15-30-19)38-24(28)29/h7-14,16,23-24,30H,15H2,1-6H3,(H,31,37)(H,32,33,36). The van der Waals surface area contributed by atoms with Gasteiger partial charge in [-0.15, -0.1) is 11.8 Å². The molecule has 0 bridgehead atoms. The van der Waals surface area contributed by atoms with Crippen molar-refractivity contribution in [3.05, 3.63) is 70.7 Å². The van der Waals surface area contributed by atoms with Crippen LogP contribution in [0.4, 0.5) is 8.78 Å². The molecule has 3 heterocycles. The van der Waals surface area contributed by atoms with Crippen LogP contribution in [0.2, 0.25) is 0 Å². The first-order valence-electron chi connectivity index (χ1n) is 12.6. The van der Waals surface area contributed by atoms with Crippen molar-refractivity contribution in [2.24, 2.45) is 4.99 Å². The van der Waals surface area contributed by atoms with Crippen molar-refractivity contribution in [2.45, 2.75) is 50.0 Å². The van der Waals surface area contributed by atoms with Gasteiger partial charge in [-0.2, -0.15) is 8.78 Å². The van der Waals surface area contributed by atoms with Crippen LogP contribution < -0.4 is 16.0 Å². The summed E-state index contributed by atoms with van der Waals surface area (Å²) in [6.45, 7) is 5.48. The number of allylic oxidation sites excluding steroid dienone is 2. The van der Waals surface area contributed by atoms with Crippen molar-refractivity contribution in [3.8, 4) is 0 Å². The number of nitrogens with zero attached hydrogens (tertiary/aromatic N) is 3. The first-order chi connectivity index (χ1) is 18.9. The number of benzene rings is 1. The number of dihydropyridines is 1. The van der Waals surface area contributed by atoms with Gasteiger partial charge in [-0.25, -0.2) is 4.99 Å². The molecule has 3 atom stereocenters. The average Bonchev–Trinajstić information content (AvgIpc) is 3.28. The fraction of sp³-hybridized carbons (Fsp3) is 0.407. The molecule has 13 heteroatoms. The van der Waals surface area contributed by atoms with E-state index >= 15 is 0 Å². The number of hydrogen-bond acceptors (Lipinski definition) is 8. The molecule has 0 aromatic heterocycles. The fourth-order valence-electron chi connectivity index (χ4n) is 4.82. The Kier molecular flexibility index (Phi) is 8.64. The topological polar surface area (TPSA) is 98.3 Å². The zero-order valence-electron chi connectivity index (χ0n) is 23.2. The molecule has 3 unspecified atom stereocenters. The second-order valence-electron chi connectivity index (χ2n) is 9.96. The van der Waals surface area contributed by atoms with Gasteiger partial charge >= 0.3 is 6.61 Å². The number of alkyl halides is 2. The van der Waals surface area contributed by atoms with E-state index in [1.165, 1.54) is 23.9 Å². The summed E-state index contributed by atoms with van der Waals surface area (Å²) in [6, 6.07) is 9.00. The zero-order valence-corrected chi connectivity index (χ0v) is 24.8. The van der Waals surface area contributed by atoms with Crippen LogP contribution in [-0.4, -0.2) is 75.3 Å². The highest BCUT2D eigenvalue weighted by Crippen LogP contribution is 2.53. The smallest absolute Gasteiger partial charge is 0.387 e. The minimum Gasteiger partial charge on any atom is -0.437 e. The van der Waals surface area contributed by atoms with E-state index in [0.717, 1.165) is 0 Å². The molecule has 0 radical (unpaired) electrons. The molecule has 1 aromatic carbocycles. The van der Waals surface area contributed by atoms with Crippen LogP contribution in [0.1, 0.15) is 38.1 Å². The lowest BCUT2D eigenvalue weighted by atomic mass is 9.87. The lowest BCUT2D eigenvalue weighted by Crippen LogP contribution is -2.63. The van der Waals surface area contributed by atoms with Crippen LogP contribution in [0.5, 0.6) is 0 Å². The zero-order chi connectivity index (χ0) is 29.2. The van der Waals surface area contributed by atoms with Crippen molar-refractivity contribution in [3.63, 3.8) is 0 Å². The highest BCUT2D eigenvalue weighted by Gasteiger charge is 2.56. The summed E-state index contributed by atoms with van der Waals surface area (Å²) in [5, 5.41) is 12.5. The van der Waals surface area contributed by atoms with Gasteiger partial charge in [0.1, 0.15) is 28.2 Å². The van der Waals surface area contributed by atoms with Gasteiger partial charge in [0.2, 0.25) is 5.96 Å². The number of hydrogen-bond donors (Lipinski definition) is 3. The van der Waals surface area contributed by atoms with E-state index in [9.17, 15) is 18.4 Å². The van der Waals surface area contributed by atoms with E-state index in [4.69, 9.17) is 4.99 Å². The van der Waals surface area contributed by atoms with E-state index in [0.29, 0.717) is 17.3 Å². The third-order valence-electron chi connectivity index (χ3n) is 7.29. The number of carbonyl (C=O) groups excluding carboxylic acids is 2. The Morgan fingerprint density at radius 3 is 2.48 bits per heavy atom. The molecule has 0 spiro atoms. The molecule has 0 aliphatic carbocycles. The van der Waals surface area contributed by atoms with Gasteiger partial charge in [-0.1, -0.05) is 28.9 Å². The van der Waals surface area contributed by atoms with Crippen molar-refractivity contribution in [1.82, 2.24) is 25.2 Å². The quantitative estimate of drug-likeness (QED) is 0.433. The lowest BCUT2D eigenvalue weighted by molar-refractivity contribution is -0.117. The van der Waals surface area contributed by atoms with Crippen LogP contribution in [0.25, 0.3) is 0 Å². The fourth-order valence-corrected chi connectivity index (χ4v) is 8.73. The largest absolute Gasteiger partial charge is 0.437 e. The molecule has 216 valence electrons. The highest BCUT2D eigenvalue weighted by atomic mass is 32.2. The summed E-state index contributed by atoms with van der Waals surface area (Å²) in [4.78, 5) is 33.1. The second kappa shape index (κ2) is 11.7. The van der Waals surface area contributed by atoms with Crippen molar-refractivity contribution in [1.29, 1.82) is 0 Å². The third kappa shape index (κ3) is 5.62. The Morgan fingerprint density at radius 2 is 1.88 bits per heavy atom. The molecular weight excluding hydrogens is 558 g/mol. The summed E-state index contributed by atoms with van der Waals surface area (Å²) < 4.78 is 31.0. The van der Waals surface area contributed by atoms with E-state index in [-0.39, 0.29) is 34.0 Å². The predicted molar refractivity (Wildman–Crippen MR) is 158 cm³/mol. The second-order valence-corrected chi connectivity index (χ2v) is 13.6. The number of carbonyl (C=O) groups is 2. The average molecular weight is 593 g/mol. The summed E-state index contributed by atoms with van der Waals surface area (Å²) >= 11 is 1.54. The normalized spacial score (nSPS) is 25.9. The Labute approximate surface area is 239 Å². The van der Waals surface area contributed by atoms with E-state index in [2.05, 4.69) is 46.8 Å². The number of thioether (sulfide) groups is 1. The highest BCUT2D eigenvalue weighted by molar-refractivity contribution is 8.14. The van der Waals surface area contributed by atoms with Gasteiger partial charge in [-0.3, -0.25) is 19.2 Å². The Bertz CT molecular complexity index is 1330. The van der Waals surface area contributed by atoms with Crippen molar-refractivity contribution >= 4 is 45.6 Å². The van der Waals surface area contributed by atoms with Gasteiger partial charge in [0.15, 0.2) is 0 Å². The van der Waals surface area contributed by atoms with Gasteiger partial charge in [0, 0.05) is 25.1 Å². The maximum absolute atomic E-state index is 13.0. The number of nitrogens with one attached hydrogen (secondary N) is 3. The van der Waals surface area contributed by atoms with Crippen molar-refractivity contribution < 1.29 is 23.1 Å². The summed E-state index contributed by atoms with van der Waals surface area (Å²) in [5.74, 6) is 0.473. The van der Waals surface area contributed by atoms with E-state index < -0.39 is 28.7 Å². The number of aliphatic imine (C=N–C) groups is 1. The van der Waals surface area contributed by atoms with E-state index in [1.54, 1.807) is 12.1 Å². The molecule has 40 heavy (non-hydrogen) atoms. The minimum atomic E-state index is -2.92. The molecule has 3 aliphatic rings. The Morgan fingerprint density at radius 1 is 1.18 bits per heavy atom. The molecular formula is C27H34F2N6O3S2. The number of likely N-dealkylation sites (N-methyl/N-ethyl adjacent to an activating group) is 1. The van der Waals surface area contributed by atoms with Gasteiger partial charge in [-0.05, 0) is 57.3 Å². The van der Waals surface area contributed by atoms with Crippen LogP contribution in [0.15, 0.2) is 70.2 Å². The summed E-state index contributed by atoms with van der Waals surface area (Å²) in [6.07, 6.45) is 2.76. The van der Waals surface area contributed by atoms with Gasteiger partial charge in [0.25, 0.3) is 11.8 Å². The van der Waals surface area contributed by atoms with Gasteiger partial charge < -0.3 is 20.3 Å². The van der Waals surface area contributed by atoms with Crippen LogP contribution in [0, 0.1) is 0 Å². The van der Waals surface area contributed by atoms with Crippen molar-refractivity contribution in [2.75, 3.05) is 20.6 Å². The first kappa shape index (κ1) is 29.7. The summed E-state index contributed by atoms with van der Waals surface area (Å²) in [7, 11) is 3.42. The van der Waals surface area contributed by atoms with Crippen LogP contribution >= 0.6 is 22.4 Å². The van der Waals surface area contributed by atoms with Crippen LogP contribution in [0.3, 0.4) is 0 Å². The summed E-state index contributed by atoms with van der Waals surface area (Å²) in [5.41, 5.74) is 0.0859. The SMILES string of the molecule is C/C=S1/N(C)C(NC(=O)c2ccccc2)=NC(C)(C2SC=C(NC(=O)C3=CC=C(OC(F)F)CN3)N2C)C1(C)C. The minimum absolute atomic E-state index is 0.0162. The first-order valence-corrected chi connectivity index (χ1v) is 14.8. The Hall–Kier alpha value is -3.32. The van der Waals surface area contributed by atoms with Crippen LogP contribution in [-0.2, 0) is 9.53 Å². The molecule has 0 saturated carbocycles. The molecule has 3 N–H and O–H groups in total. The molecule has 3 aliphatic heterocycles. The molecule has 0 fully saturated rings. The molecule has 9 nitrogen and oxygen atoms in total. The maximum atomic E-state index is 13.0. The Balaban J connectivity index is 1.56. The van der Waals surface area contributed by atoms with E-state index in [1.807, 2.05) is 53.8 Å². The monoisotopic (exact) mass is 592 g/mol. The molecule has 2 amide bonds. The number of rotatable bonds is 6.